The lowest BCUT2D eigenvalue weighted by atomic mass is 10.4. The fraction of sp³-hybridized carbons (Fsp3) is 1.00. The summed E-state index contributed by atoms with van der Waals surface area (Å²) in [5.74, 6) is 0. The van der Waals surface area contributed by atoms with Gasteiger partial charge >= 0.3 is 0 Å². The van der Waals surface area contributed by atoms with Crippen molar-refractivity contribution in [1.29, 1.82) is 0 Å². The van der Waals surface area contributed by atoms with E-state index in [-0.39, 0.29) is 11.5 Å². The van der Waals surface area contributed by atoms with Crippen LogP contribution in [0.25, 0.3) is 0 Å². The molecule has 0 atom stereocenters. The standard InChI is InChI=1S/C7H17N2O2/c1-4-9(3,5-2)7-6-8(10)11/h4-7H2,1-3H3/q+1. The number of likely N-dealkylation sites (N-methyl/N-ethyl adjacent to an activating group) is 1. The molecule has 66 valence electrons. The van der Waals surface area contributed by atoms with Crippen LogP contribution in [0.4, 0.5) is 0 Å². The van der Waals surface area contributed by atoms with Gasteiger partial charge in [-0.25, -0.2) is 0 Å². The van der Waals surface area contributed by atoms with E-state index in [1.807, 2.05) is 7.05 Å². The van der Waals surface area contributed by atoms with Gasteiger partial charge in [0.05, 0.1) is 20.1 Å². The Morgan fingerprint density at radius 3 is 2.09 bits per heavy atom. The third-order valence-corrected chi connectivity index (χ3v) is 2.35. The fourth-order valence-corrected chi connectivity index (χ4v) is 0.863. The van der Waals surface area contributed by atoms with E-state index in [1.165, 1.54) is 0 Å². The highest BCUT2D eigenvalue weighted by atomic mass is 16.6. The van der Waals surface area contributed by atoms with Gasteiger partial charge in [-0.2, -0.15) is 0 Å². The van der Waals surface area contributed by atoms with Gasteiger partial charge in [-0.1, -0.05) is 0 Å². The predicted molar refractivity (Wildman–Crippen MR) is 44.0 cm³/mol. The Bertz CT molecular complexity index is 132. The van der Waals surface area contributed by atoms with Crippen LogP contribution in [-0.4, -0.2) is 42.6 Å². The van der Waals surface area contributed by atoms with Crippen LogP contribution in [0.3, 0.4) is 0 Å². The predicted octanol–water partition coefficient (Wildman–Crippen LogP) is 0.750. The molecule has 0 unspecified atom stereocenters. The van der Waals surface area contributed by atoms with Gasteiger partial charge in [0.1, 0.15) is 6.54 Å². The first-order valence-electron chi connectivity index (χ1n) is 3.99. The van der Waals surface area contributed by atoms with E-state index in [2.05, 4.69) is 13.8 Å². The van der Waals surface area contributed by atoms with E-state index < -0.39 is 0 Å². The molecule has 0 aromatic rings. The summed E-state index contributed by atoms with van der Waals surface area (Å²) in [6.45, 7) is 6.76. The Labute approximate surface area is 67.6 Å². The van der Waals surface area contributed by atoms with E-state index in [4.69, 9.17) is 0 Å². The van der Waals surface area contributed by atoms with Crippen LogP contribution in [0, 0.1) is 10.1 Å². The maximum Gasteiger partial charge on any atom is 0.251 e. The van der Waals surface area contributed by atoms with Gasteiger partial charge in [-0.15, -0.1) is 0 Å². The van der Waals surface area contributed by atoms with Crippen molar-refractivity contribution in [2.45, 2.75) is 13.8 Å². The maximum atomic E-state index is 10.1. The van der Waals surface area contributed by atoms with Crippen molar-refractivity contribution in [3.63, 3.8) is 0 Å². The third-order valence-electron chi connectivity index (χ3n) is 2.35. The molecular weight excluding hydrogens is 144 g/mol. The average molecular weight is 161 g/mol. The molecular formula is C7H17N2O2+. The number of nitrogens with zero attached hydrogens (tertiary/aromatic N) is 2. The summed E-state index contributed by atoms with van der Waals surface area (Å²) < 4.78 is 0.793. The Morgan fingerprint density at radius 1 is 1.36 bits per heavy atom. The summed E-state index contributed by atoms with van der Waals surface area (Å²) in [4.78, 5) is 9.83. The number of quaternary nitrogens is 1. The second-order valence-corrected chi connectivity index (χ2v) is 3.03. The number of rotatable bonds is 5. The summed E-state index contributed by atoms with van der Waals surface area (Å²) in [6, 6.07) is 0. The summed E-state index contributed by atoms with van der Waals surface area (Å²) in [6.07, 6.45) is 0. The topological polar surface area (TPSA) is 43.1 Å². The molecule has 4 nitrogen and oxygen atoms in total. The van der Waals surface area contributed by atoms with Gasteiger partial charge in [0, 0.05) is 4.92 Å². The van der Waals surface area contributed by atoms with Gasteiger partial charge in [0.15, 0.2) is 0 Å². The summed E-state index contributed by atoms with van der Waals surface area (Å²) in [7, 11) is 2.05. The van der Waals surface area contributed by atoms with Crippen LogP contribution in [0.15, 0.2) is 0 Å². The van der Waals surface area contributed by atoms with Gasteiger partial charge < -0.3 is 4.48 Å². The highest BCUT2D eigenvalue weighted by Gasteiger charge is 2.18. The minimum Gasteiger partial charge on any atom is -0.321 e. The van der Waals surface area contributed by atoms with E-state index >= 15 is 0 Å². The highest BCUT2D eigenvalue weighted by Crippen LogP contribution is 1.99. The van der Waals surface area contributed by atoms with Crippen LogP contribution < -0.4 is 0 Å². The number of hydrogen-bond donors (Lipinski definition) is 0. The van der Waals surface area contributed by atoms with E-state index in [9.17, 15) is 10.1 Å². The number of hydrogen-bond acceptors (Lipinski definition) is 2. The smallest absolute Gasteiger partial charge is 0.251 e. The molecule has 0 bridgehead atoms. The summed E-state index contributed by atoms with van der Waals surface area (Å²) in [5, 5.41) is 10.1. The van der Waals surface area contributed by atoms with Crippen molar-refractivity contribution in [3.8, 4) is 0 Å². The molecule has 11 heavy (non-hydrogen) atoms. The average Bonchev–Trinajstić information content (AvgIpc) is 2.00. The first-order chi connectivity index (χ1) is 5.04. The highest BCUT2D eigenvalue weighted by molar-refractivity contribution is 4.32. The molecule has 0 saturated heterocycles. The van der Waals surface area contributed by atoms with Gasteiger partial charge in [0.2, 0.25) is 0 Å². The second kappa shape index (κ2) is 4.28. The van der Waals surface area contributed by atoms with E-state index in [0.29, 0.717) is 6.54 Å². The van der Waals surface area contributed by atoms with Crippen molar-refractivity contribution >= 4 is 0 Å². The monoisotopic (exact) mass is 161 g/mol. The van der Waals surface area contributed by atoms with Gasteiger partial charge in [-0.05, 0) is 13.8 Å². The molecule has 0 rings (SSSR count). The Balaban J connectivity index is 3.78. The van der Waals surface area contributed by atoms with Crippen LogP contribution in [0.1, 0.15) is 13.8 Å². The van der Waals surface area contributed by atoms with Crippen LogP contribution >= 0.6 is 0 Å². The molecule has 0 saturated carbocycles. The maximum absolute atomic E-state index is 10.1. The quantitative estimate of drug-likeness (QED) is 0.339. The zero-order valence-electron chi connectivity index (χ0n) is 7.54. The van der Waals surface area contributed by atoms with E-state index in [1.54, 1.807) is 0 Å². The first kappa shape index (κ1) is 10.4. The van der Waals surface area contributed by atoms with Crippen LogP contribution in [-0.2, 0) is 0 Å². The third kappa shape index (κ3) is 3.93. The largest absolute Gasteiger partial charge is 0.321 e. The van der Waals surface area contributed by atoms with Crippen LogP contribution in [0.2, 0.25) is 0 Å². The van der Waals surface area contributed by atoms with Gasteiger partial charge in [-0.3, -0.25) is 10.1 Å². The SMILES string of the molecule is CC[N+](C)(CC)CC[N+](=O)[O-]. The normalized spacial score (nSPS) is 11.5. The lowest BCUT2D eigenvalue weighted by Crippen LogP contribution is -2.46. The van der Waals surface area contributed by atoms with Crippen molar-refractivity contribution in [1.82, 2.24) is 0 Å². The van der Waals surface area contributed by atoms with Crippen molar-refractivity contribution in [2.24, 2.45) is 0 Å². The molecule has 0 heterocycles. The summed E-state index contributed by atoms with van der Waals surface area (Å²) in [5.41, 5.74) is 0. The van der Waals surface area contributed by atoms with Crippen molar-refractivity contribution < 1.29 is 9.41 Å². The van der Waals surface area contributed by atoms with Crippen molar-refractivity contribution in [3.05, 3.63) is 10.1 Å². The molecule has 0 aliphatic heterocycles. The molecule has 0 amide bonds. The molecule has 0 aromatic carbocycles. The molecule has 4 heteroatoms. The molecule has 0 N–H and O–H groups in total. The molecule has 0 radical (unpaired) electrons. The second-order valence-electron chi connectivity index (χ2n) is 3.03. The zero-order valence-corrected chi connectivity index (χ0v) is 7.54. The number of nitro groups is 1. The Kier molecular flexibility index (Phi) is 4.03. The molecule has 0 aliphatic rings. The molecule has 0 fully saturated rings. The molecule has 0 aromatic heterocycles. The van der Waals surface area contributed by atoms with Gasteiger partial charge in [0.25, 0.3) is 6.54 Å². The first-order valence-corrected chi connectivity index (χ1v) is 3.99. The molecule has 0 aliphatic carbocycles. The van der Waals surface area contributed by atoms with E-state index in [0.717, 1.165) is 17.6 Å². The minimum absolute atomic E-state index is 0.0815. The Hall–Kier alpha value is -0.640. The lowest BCUT2D eigenvalue weighted by Gasteiger charge is -2.30. The molecule has 0 spiro atoms. The zero-order chi connectivity index (χ0) is 8.91. The van der Waals surface area contributed by atoms with Crippen LogP contribution in [0.5, 0.6) is 0 Å². The minimum atomic E-state index is -0.248. The fourth-order valence-electron chi connectivity index (χ4n) is 0.863. The van der Waals surface area contributed by atoms with Crippen molar-refractivity contribution in [2.75, 3.05) is 33.2 Å². The lowest BCUT2D eigenvalue weighted by molar-refractivity contribution is -0.912. The Morgan fingerprint density at radius 2 is 1.82 bits per heavy atom. The summed E-state index contributed by atoms with van der Waals surface area (Å²) >= 11 is 0.